The van der Waals surface area contributed by atoms with Crippen LogP contribution in [0.1, 0.15) is 45.6 Å². The van der Waals surface area contributed by atoms with Gasteiger partial charge in [-0.3, -0.25) is 4.79 Å². The molecule has 0 aromatic heterocycles. The molecule has 0 radical (unpaired) electrons. The van der Waals surface area contributed by atoms with Crippen molar-refractivity contribution in [2.24, 2.45) is 0 Å². The highest BCUT2D eigenvalue weighted by molar-refractivity contribution is 6.85. The number of benzene rings is 2. The molecule has 1 N–H and O–H groups in total. The van der Waals surface area contributed by atoms with Crippen molar-refractivity contribution in [2.75, 3.05) is 6.61 Å². The van der Waals surface area contributed by atoms with Crippen LogP contribution >= 0.6 is 0 Å². The minimum absolute atomic E-state index is 0. The highest BCUT2D eigenvalue weighted by Crippen LogP contribution is 2.27. The Morgan fingerprint density at radius 1 is 0.838 bits per heavy atom. The van der Waals surface area contributed by atoms with Crippen LogP contribution < -0.4 is 4.74 Å². The minimum atomic E-state index is -2.51. The summed E-state index contributed by atoms with van der Waals surface area (Å²) in [6.07, 6.45) is 0. The van der Waals surface area contributed by atoms with Crippen LogP contribution in [0.4, 0.5) is 0 Å². The third kappa shape index (κ3) is 14.3. The summed E-state index contributed by atoms with van der Waals surface area (Å²) in [5.41, 5.74) is 0.782. The Bertz CT molecular complexity index is 929. The molecule has 2 aromatic rings. The first kappa shape index (κ1) is 40.0. The molecule has 0 heterocycles. The van der Waals surface area contributed by atoms with Gasteiger partial charge in [-0.15, -0.1) is 0 Å². The maximum absolute atomic E-state index is 12.6. The van der Waals surface area contributed by atoms with Crippen molar-refractivity contribution in [2.45, 2.75) is 88.1 Å². The second kappa shape index (κ2) is 16.4. The number of ether oxygens (including phenoxy) is 1. The van der Waals surface area contributed by atoms with Crippen LogP contribution in [0.15, 0.2) is 48.5 Å². The third-order valence-corrected chi connectivity index (χ3v) is 17.3. The molecule has 0 aliphatic carbocycles. The number of carbonyl (C=O) groups is 1. The lowest BCUT2D eigenvalue weighted by Crippen LogP contribution is -2.52. The van der Waals surface area contributed by atoms with E-state index >= 15 is 0 Å². The van der Waals surface area contributed by atoms with Crippen LogP contribution in [0.5, 0.6) is 11.5 Å². The first-order chi connectivity index (χ1) is 15.2. The van der Waals surface area contributed by atoms with Crippen molar-refractivity contribution in [3.63, 3.8) is 0 Å². The molecule has 0 saturated heterocycles. The fourth-order valence-corrected chi connectivity index (χ4v) is 18.1. The van der Waals surface area contributed by atoms with Crippen molar-refractivity contribution in [3.05, 3.63) is 59.7 Å². The van der Waals surface area contributed by atoms with Crippen LogP contribution in [0.3, 0.4) is 0 Å². The van der Waals surface area contributed by atoms with Crippen molar-refractivity contribution in [1.82, 2.24) is 0 Å². The topological polar surface area (TPSA) is 74.2 Å². The molecule has 10 heteroatoms. The monoisotopic (exact) mass is 586 g/mol. The maximum Gasteiger partial charge on any atom is 0.319 e. The van der Waals surface area contributed by atoms with Gasteiger partial charge in [-0.25, -0.2) is 0 Å². The summed E-state index contributed by atoms with van der Waals surface area (Å²) in [4.78, 5) is 12.6. The van der Waals surface area contributed by atoms with E-state index in [-0.39, 0.29) is 46.8 Å². The van der Waals surface area contributed by atoms with Gasteiger partial charge in [0.05, 0.1) is 12.2 Å². The highest BCUT2D eigenvalue weighted by Gasteiger charge is 2.39. The predicted octanol–water partition coefficient (Wildman–Crippen LogP) is 8.19. The van der Waals surface area contributed by atoms with Gasteiger partial charge >= 0.3 is 8.56 Å². The molecule has 2 rings (SSSR count). The van der Waals surface area contributed by atoms with Crippen molar-refractivity contribution >= 4 is 40.3 Å². The summed E-state index contributed by atoms with van der Waals surface area (Å²) in [6, 6.07) is 14.3. The lowest BCUT2D eigenvalue weighted by atomic mass is 10.0. The second-order valence-corrected chi connectivity index (χ2v) is 25.3. The Kier molecular flexibility index (Phi) is 17.7. The van der Waals surface area contributed by atoms with Gasteiger partial charge < -0.3 is 22.2 Å². The lowest BCUT2D eigenvalue weighted by molar-refractivity contribution is 0.103. The van der Waals surface area contributed by atoms with E-state index in [1.165, 1.54) is 6.07 Å². The quantitative estimate of drug-likeness (QED) is 0.200. The van der Waals surface area contributed by atoms with Gasteiger partial charge in [-0.05, 0) is 64.5 Å². The van der Waals surface area contributed by atoms with Crippen LogP contribution in [0.2, 0.25) is 58.4 Å². The first-order valence-electron chi connectivity index (χ1n) is 11.3. The van der Waals surface area contributed by atoms with E-state index in [1.54, 1.807) is 36.4 Å². The highest BCUT2D eigenvalue weighted by atomic mass is 28.5. The number of hydrogen-bond donors (Lipinski definition) is 1. The van der Waals surface area contributed by atoms with Crippen LogP contribution in [0, 0.1) is 0 Å². The average molecular weight is 587 g/mol. The Hall–Kier alpha value is -1.54. The summed E-state index contributed by atoms with van der Waals surface area (Å²) >= 11 is 0. The molecular formula is C27H54O6Si4. The average Bonchev–Trinajstić information content (AvgIpc) is 2.65. The van der Waals surface area contributed by atoms with Crippen LogP contribution in [-0.2, 0) is 12.3 Å². The number of phenolic OH excluding ortho intramolecular Hbond substituents is 1. The smallest absolute Gasteiger partial charge is 0.319 e. The summed E-state index contributed by atoms with van der Waals surface area (Å²) in [5, 5.41) is 10.4. The number of aromatic hydroxyl groups is 1. The zero-order valence-electron chi connectivity index (χ0n) is 21.1. The summed E-state index contributed by atoms with van der Waals surface area (Å²) in [6.45, 7) is 17.5. The molecule has 0 bridgehead atoms. The number of hydrogen-bond acceptors (Lipinski definition) is 6. The number of rotatable bonds is 12. The summed E-state index contributed by atoms with van der Waals surface area (Å²) < 4.78 is 25.1. The van der Waals surface area contributed by atoms with E-state index in [0.29, 0.717) is 24.0 Å². The molecule has 2 atom stereocenters. The zero-order valence-corrected chi connectivity index (χ0v) is 25.3. The van der Waals surface area contributed by atoms with Crippen molar-refractivity contribution < 1.29 is 27.0 Å². The molecule has 2 aromatic carbocycles. The Labute approximate surface area is 232 Å². The molecule has 0 fully saturated rings. The molecule has 0 amide bonds. The molecule has 214 valence electrons. The van der Waals surface area contributed by atoms with Gasteiger partial charge in [-0.1, -0.05) is 60.0 Å². The third-order valence-electron chi connectivity index (χ3n) is 4.53. The standard InChI is InChI=1S/C23H38O6Si4.4CH4/c1-30(27-31(2,3)4)28-33(8,29-32(5,6)7)17-16-26-20-14-15-21(22(24)18-20)23(25)19-12-10-9-11-13-19;;;;/h9-15,18,24,30H,16-17H2,1-8H3;4*1H4. The number of carbonyl (C=O) groups excluding carboxylic acids is 1. The van der Waals surface area contributed by atoms with E-state index in [1.807, 2.05) is 6.07 Å². The molecule has 0 aliphatic rings. The molecule has 0 spiro atoms. The van der Waals surface area contributed by atoms with E-state index in [9.17, 15) is 9.90 Å². The zero-order chi connectivity index (χ0) is 24.9. The second-order valence-electron chi connectivity index (χ2n) is 10.2. The van der Waals surface area contributed by atoms with Gasteiger partial charge in [0.25, 0.3) is 9.28 Å². The van der Waals surface area contributed by atoms with Gasteiger partial charge in [0.1, 0.15) is 11.5 Å². The predicted molar refractivity (Wildman–Crippen MR) is 170 cm³/mol. The van der Waals surface area contributed by atoms with Crippen molar-refractivity contribution in [1.29, 1.82) is 0 Å². The van der Waals surface area contributed by atoms with E-state index in [2.05, 4.69) is 52.4 Å². The summed E-state index contributed by atoms with van der Waals surface area (Å²) in [5.74, 6) is 0.184. The minimum Gasteiger partial charge on any atom is -0.507 e. The van der Waals surface area contributed by atoms with E-state index < -0.39 is 34.5 Å². The van der Waals surface area contributed by atoms with Gasteiger partial charge in [0, 0.05) is 17.7 Å². The van der Waals surface area contributed by atoms with E-state index in [0.717, 1.165) is 0 Å². The molecule has 37 heavy (non-hydrogen) atoms. The largest absolute Gasteiger partial charge is 0.507 e. The first-order valence-corrected chi connectivity index (χ1v) is 22.7. The molecular weight excluding hydrogens is 533 g/mol. The maximum atomic E-state index is 12.6. The molecule has 2 unspecified atom stereocenters. The summed E-state index contributed by atoms with van der Waals surface area (Å²) in [7, 11) is -7.84. The fourth-order valence-electron chi connectivity index (χ4n) is 3.55. The molecule has 6 nitrogen and oxygen atoms in total. The number of phenols is 1. The van der Waals surface area contributed by atoms with Gasteiger partial charge in [0.15, 0.2) is 22.4 Å². The normalized spacial score (nSPS) is 13.4. The Balaban J connectivity index is -0.00000289. The van der Waals surface area contributed by atoms with Gasteiger partial charge in [0.2, 0.25) is 0 Å². The Morgan fingerprint density at radius 2 is 1.41 bits per heavy atom. The lowest BCUT2D eigenvalue weighted by Gasteiger charge is -2.37. The van der Waals surface area contributed by atoms with Crippen LogP contribution in [-0.4, -0.2) is 52.0 Å². The fraction of sp³-hybridized carbons (Fsp3) is 0.519. The van der Waals surface area contributed by atoms with Gasteiger partial charge in [-0.2, -0.15) is 0 Å². The van der Waals surface area contributed by atoms with Crippen LogP contribution in [0.25, 0.3) is 0 Å². The number of ketones is 1. The molecule has 0 saturated carbocycles. The Morgan fingerprint density at radius 3 is 1.89 bits per heavy atom. The SMILES string of the molecule is C.C.C.C.C[SiH](O[Si](C)(C)C)O[Si](C)(CCOc1ccc(C(=O)c2ccccc2)c(O)c1)O[Si](C)(C)C. The van der Waals surface area contributed by atoms with Crippen molar-refractivity contribution in [3.8, 4) is 11.5 Å². The van der Waals surface area contributed by atoms with E-state index in [4.69, 9.17) is 17.1 Å². The molecule has 0 aliphatic heterocycles.